The monoisotopic (exact) mass is 243 g/mol. The van der Waals surface area contributed by atoms with Crippen LogP contribution in [0.1, 0.15) is 18.4 Å². The largest absolute Gasteiger partial charge is 0.479 e. The van der Waals surface area contributed by atoms with Crippen LogP contribution in [0.4, 0.5) is 0 Å². The number of benzene rings is 1. The van der Waals surface area contributed by atoms with Crippen LogP contribution in [-0.4, -0.2) is 27.3 Å². The van der Waals surface area contributed by atoms with Crippen LogP contribution in [0.2, 0.25) is 0 Å². The second-order valence-electron chi connectivity index (χ2n) is 4.81. The van der Waals surface area contributed by atoms with Gasteiger partial charge < -0.3 is 10.2 Å². The molecule has 1 aromatic carbocycles. The van der Waals surface area contributed by atoms with Gasteiger partial charge in [0.25, 0.3) is 0 Å². The Labute approximate surface area is 104 Å². The highest BCUT2D eigenvalue weighted by Crippen LogP contribution is 2.51. The molecule has 4 heteroatoms. The second-order valence-corrected chi connectivity index (χ2v) is 4.81. The molecule has 1 heterocycles. The van der Waals surface area contributed by atoms with Crippen LogP contribution in [0.15, 0.2) is 36.5 Å². The van der Waals surface area contributed by atoms with Crippen molar-refractivity contribution in [2.24, 2.45) is 0 Å². The number of para-hydroxylation sites is 1. The summed E-state index contributed by atoms with van der Waals surface area (Å²) in [5, 5.41) is 19.7. The molecule has 0 bridgehead atoms. The minimum absolute atomic E-state index is 0.636. The highest BCUT2D eigenvalue weighted by atomic mass is 16.4. The minimum Gasteiger partial charge on any atom is -0.479 e. The number of fused-ring (bicyclic) bond motifs is 1. The van der Waals surface area contributed by atoms with E-state index in [1.165, 1.54) is 0 Å². The van der Waals surface area contributed by atoms with Crippen molar-refractivity contribution < 1.29 is 15.0 Å². The van der Waals surface area contributed by atoms with Gasteiger partial charge in [0.1, 0.15) is 0 Å². The van der Waals surface area contributed by atoms with Gasteiger partial charge in [0.05, 0.1) is 5.52 Å². The third-order valence-corrected chi connectivity index (χ3v) is 3.71. The van der Waals surface area contributed by atoms with Crippen LogP contribution in [-0.2, 0) is 10.2 Å². The van der Waals surface area contributed by atoms with E-state index in [0.717, 1.165) is 16.5 Å². The number of carboxylic acid groups (broad SMARTS) is 1. The number of pyridine rings is 1. The molecule has 92 valence electrons. The Hall–Kier alpha value is -1.94. The highest BCUT2D eigenvalue weighted by molar-refractivity contribution is 5.80. The first-order valence-corrected chi connectivity index (χ1v) is 5.90. The van der Waals surface area contributed by atoms with Crippen molar-refractivity contribution in [2.75, 3.05) is 0 Å². The molecule has 0 spiro atoms. The lowest BCUT2D eigenvalue weighted by molar-refractivity contribution is -0.148. The molecule has 0 amide bonds. The van der Waals surface area contributed by atoms with Crippen molar-refractivity contribution in [3.05, 3.63) is 42.1 Å². The molecule has 2 aromatic rings. The molecular weight excluding hydrogens is 230 g/mol. The maximum atomic E-state index is 11.0. The summed E-state index contributed by atoms with van der Waals surface area (Å²) < 4.78 is 0. The Bertz CT molecular complexity index is 619. The number of carbonyl (C=O) groups is 1. The number of hydrogen-bond donors (Lipinski definition) is 2. The minimum atomic E-state index is -1.35. The summed E-state index contributed by atoms with van der Waals surface area (Å²) in [6.07, 6.45) is 1.73. The number of aromatic nitrogens is 1. The van der Waals surface area contributed by atoms with Crippen molar-refractivity contribution >= 4 is 16.9 Å². The van der Waals surface area contributed by atoms with Gasteiger partial charge in [-0.25, -0.2) is 4.79 Å². The van der Waals surface area contributed by atoms with Gasteiger partial charge >= 0.3 is 5.97 Å². The summed E-state index contributed by atoms with van der Waals surface area (Å²) in [4.78, 5) is 15.3. The van der Waals surface area contributed by atoms with Crippen LogP contribution in [0.25, 0.3) is 10.9 Å². The molecule has 1 aliphatic rings. The second kappa shape index (κ2) is 3.78. The Morgan fingerprint density at radius 2 is 2.06 bits per heavy atom. The van der Waals surface area contributed by atoms with E-state index in [2.05, 4.69) is 4.98 Å². The fourth-order valence-corrected chi connectivity index (χ4v) is 2.43. The van der Waals surface area contributed by atoms with Crippen LogP contribution >= 0.6 is 0 Å². The molecule has 1 aromatic heterocycles. The van der Waals surface area contributed by atoms with Gasteiger partial charge in [-0.3, -0.25) is 4.98 Å². The van der Waals surface area contributed by atoms with Gasteiger partial charge in [0.15, 0.2) is 6.10 Å². The Morgan fingerprint density at radius 3 is 2.72 bits per heavy atom. The molecule has 1 atom stereocenters. The van der Waals surface area contributed by atoms with Crippen molar-refractivity contribution in [3.8, 4) is 0 Å². The van der Waals surface area contributed by atoms with Crippen LogP contribution in [0, 0.1) is 0 Å². The first-order chi connectivity index (χ1) is 8.63. The standard InChI is InChI=1S/C14H13NO3/c16-12(13(17)18)14(5-6-14)10-7-9-3-1-2-4-11(9)15-8-10/h1-4,7-8,12,16H,5-6H2,(H,17,18). The van der Waals surface area contributed by atoms with E-state index in [4.69, 9.17) is 5.11 Å². The first kappa shape index (κ1) is 11.2. The van der Waals surface area contributed by atoms with Gasteiger partial charge in [-0.15, -0.1) is 0 Å². The zero-order valence-corrected chi connectivity index (χ0v) is 9.71. The van der Waals surface area contributed by atoms with E-state index in [0.29, 0.717) is 12.8 Å². The zero-order valence-electron chi connectivity index (χ0n) is 9.71. The average molecular weight is 243 g/mol. The highest BCUT2D eigenvalue weighted by Gasteiger charge is 2.53. The number of aliphatic hydroxyl groups is 1. The first-order valence-electron chi connectivity index (χ1n) is 5.90. The number of carboxylic acids is 1. The molecule has 18 heavy (non-hydrogen) atoms. The van der Waals surface area contributed by atoms with Crippen molar-refractivity contribution in [1.82, 2.24) is 4.98 Å². The molecule has 3 rings (SSSR count). The Morgan fingerprint density at radius 1 is 1.33 bits per heavy atom. The normalized spacial score (nSPS) is 18.5. The summed E-state index contributed by atoms with van der Waals surface area (Å²) in [5.41, 5.74) is 1.06. The Kier molecular flexibility index (Phi) is 2.35. The predicted molar refractivity (Wildman–Crippen MR) is 66.3 cm³/mol. The molecule has 2 N–H and O–H groups in total. The molecular formula is C14H13NO3. The van der Waals surface area contributed by atoms with Crippen LogP contribution in [0.3, 0.4) is 0 Å². The fraction of sp³-hybridized carbons (Fsp3) is 0.286. The third-order valence-electron chi connectivity index (χ3n) is 3.71. The number of rotatable bonds is 3. The smallest absolute Gasteiger partial charge is 0.333 e. The molecule has 1 fully saturated rings. The number of aliphatic hydroxyl groups excluding tert-OH is 1. The maximum absolute atomic E-state index is 11.0. The van der Waals surface area contributed by atoms with E-state index >= 15 is 0 Å². The van der Waals surface area contributed by atoms with Gasteiger partial charge in [0.2, 0.25) is 0 Å². The molecule has 1 aliphatic carbocycles. The summed E-state index contributed by atoms with van der Waals surface area (Å²) >= 11 is 0. The van der Waals surface area contributed by atoms with Crippen LogP contribution in [0.5, 0.6) is 0 Å². The Balaban J connectivity index is 2.07. The number of hydrogen-bond acceptors (Lipinski definition) is 3. The van der Waals surface area contributed by atoms with Gasteiger partial charge in [-0.05, 0) is 30.5 Å². The molecule has 0 radical (unpaired) electrons. The topological polar surface area (TPSA) is 70.4 Å². The third kappa shape index (κ3) is 1.57. The van der Waals surface area contributed by atoms with E-state index in [1.54, 1.807) is 6.20 Å². The predicted octanol–water partition coefficient (Wildman–Crippen LogP) is 1.71. The average Bonchev–Trinajstić information content (AvgIpc) is 3.18. The lowest BCUT2D eigenvalue weighted by Gasteiger charge is -2.19. The number of nitrogens with zero attached hydrogens (tertiary/aromatic N) is 1. The lowest BCUT2D eigenvalue weighted by Crippen LogP contribution is -2.33. The van der Waals surface area contributed by atoms with Crippen molar-refractivity contribution in [1.29, 1.82) is 0 Å². The van der Waals surface area contributed by atoms with Gasteiger partial charge in [0, 0.05) is 17.0 Å². The fourth-order valence-electron chi connectivity index (χ4n) is 2.43. The number of aliphatic carboxylic acids is 1. The SMILES string of the molecule is O=C(O)C(O)C1(c2cnc3ccccc3c2)CC1. The van der Waals surface area contributed by atoms with Gasteiger partial charge in [-0.2, -0.15) is 0 Å². The summed E-state index contributed by atoms with van der Waals surface area (Å²) in [6, 6.07) is 9.61. The quantitative estimate of drug-likeness (QED) is 0.861. The summed E-state index contributed by atoms with van der Waals surface area (Å²) in [7, 11) is 0. The molecule has 1 saturated carbocycles. The molecule has 4 nitrogen and oxygen atoms in total. The maximum Gasteiger partial charge on any atom is 0.333 e. The van der Waals surface area contributed by atoms with Crippen LogP contribution < -0.4 is 0 Å². The van der Waals surface area contributed by atoms with Crippen molar-refractivity contribution in [3.63, 3.8) is 0 Å². The lowest BCUT2D eigenvalue weighted by atomic mass is 9.90. The molecule has 1 unspecified atom stereocenters. The van der Waals surface area contributed by atoms with Gasteiger partial charge in [-0.1, -0.05) is 18.2 Å². The zero-order chi connectivity index (χ0) is 12.8. The van der Waals surface area contributed by atoms with E-state index < -0.39 is 17.5 Å². The van der Waals surface area contributed by atoms with Crippen molar-refractivity contribution in [2.45, 2.75) is 24.4 Å². The summed E-state index contributed by atoms with van der Waals surface area (Å²) in [5.74, 6) is -1.17. The summed E-state index contributed by atoms with van der Waals surface area (Å²) in [6.45, 7) is 0. The molecule has 0 saturated heterocycles. The van der Waals surface area contributed by atoms with E-state index in [-0.39, 0.29) is 0 Å². The van der Waals surface area contributed by atoms with E-state index in [1.807, 2.05) is 30.3 Å². The molecule has 0 aliphatic heterocycles. The van der Waals surface area contributed by atoms with E-state index in [9.17, 15) is 9.90 Å².